The first-order valence-corrected chi connectivity index (χ1v) is 19.4. The second-order valence-corrected chi connectivity index (χ2v) is 17.5. The van der Waals surface area contributed by atoms with Crippen LogP contribution in [-0.4, -0.2) is 105 Å². The Kier molecular flexibility index (Phi) is 15.9. The lowest BCUT2D eigenvalue weighted by Gasteiger charge is -2.51. The van der Waals surface area contributed by atoms with E-state index < -0.39 is 82.3 Å². The number of alkyl halides is 3. The first-order valence-electron chi connectivity index (χ1n) is 18.2. The van der Waals surface area contributed by atoms with Crippen LogP contribution < -0.4 is 0 Å². The number of ether oxygens (including phenoxy) is 7. The highest BCUT2D eigenvalue weighted by molar-refractivity contribution is 6.67. The number of carbonyl (C=O) groups is 4. The number of halogens is 3. The summed E-state index contributed by atoms with van der Waals surface area (Å²) in [6.07, 6.45) is -1.59. The number of carbonyl (C=O) groups excluding carboxylic acids is 4. The molecule has 2 aliphatic heterocycles. The lowest BCUT2D eigenvalue weighted by atomic mass is 9.85. The van der Waals surface area contributed by atoms with E-state index in [9.17, 15) is 19.2 Å². The predicted octanol–water partition coefficient (Wildman–Crippen LogP) is 7.53. The SMILES string of the molecule is CC(=O)O[C@@H]1[C@@H](OCc2ccccc2)[C@H](OC(C)=O)[C@@H](COCc2ccccc2)N(C(=O)OCC(Cl)(Cl)Cl)[C@@H]1C/C=C/[C@H]1COC(C)(C)N1C(=O)OC(C)(C)C. The minimum absolute atomic E-state index is 0.0209. The molecule has 2 saturated heterocycles. The second-order valence-electron chi connectivity index (χ2n) is 15.0. The molecule has 2 heterocycles. The molecule has 0 aliphatic carbocycles. The van der Waals surface area contributed by atoms with Crippen LogP contribution in [0.4, 0.5) is 9.59 Å². The molecule has 0 N–H and O–H groups in total. The molecule has 2 aromatic carbocycles. The third-order valence-corrected chi connectivity index (χ3v) is 9.15. The summed E-state index contributed by atoms with van der Waals surface area (Å²) in [6.45, 7) is 10.8. The summed E-state index contributed by atoms with van der Waals surface area (Å²) in [5.41, 5.74) is -0.117. The van der Waals surface area contributed by atoms with E-state index in [4.69, 9.17) is 68.0 Å². The Hall–Kier alpha value is -3.59. The van der Waals surface area contributed by atoms with Crippen LogP contribution in [0.5, 0.6) is 0 Å². The van der Waals surface area contributed by atoms with Crippen molar-refractivity contribution in [3.05, 3.63) is 83.9 Å². The number of esters is 2. The molecular weight excluding hydrogens is 791 g/mol. The highest BCUT2D eigenvalue weighted by atomic mass is 35.6. The average Bonchev–Trinajstić information content (AvgIpc) is 3.41. The Labute approximate surface area is 343 Å². The minimum Gasteiger partial charge on any atom is -0.457 e. The Bertz CT molecular complexity index is 1650. The fourth-order valence-corrected chi connectivity index (χ4v) is 6.78. The molecule has 0 unspecified atom stereocenters. The highest BCUT2D eigenvalue weighted by Crippen LogP contribution is 2.36. The molecule has 56 heavy (non-hydrogen) atoms. The van der Waals surface area contributed by atoms with E-state index in [0.717, 1.165) is 11.1 Å². The Morgan fingerprint density at radius 1 is 0.821 bits per heavy atom. The fraction of sp³-hybridized carbons (Fsp3) is 0.550. The fourth-order valence-electron chi connectivity index (χ4n) is 6.62. The van der Waals surface area contributed by atoms with Gasteiger partial charge < -0.3 is 33.2 Å². The van der Waals surface area contributed by atoms with Gasteiger partial charge in [0.15, 0.2) is 12.2 Å². The van der Waals surface area contributed by atoms with E-state index in [1.807, 2.05) is 60.7 Å². The van der Waals surface area contributed by atoms with Gasteiger partial charge in [-0.2, -0.15) is 0 Å². The highest BCUT2D eigenvalue weighted by Gasteiger charge is 2.55. The first-order chi connectivity index (χ1) is 26.3. The quantitative estimate of drug-likeness (QED) is 0.0856. The number of amides is 2. The van der Waals surface area contributed by atoms with Crippen LogP contribution in [0.25, 0.3) is 0 Å². The van der Waals surface area contributed by atoms with Crippen molar-refractivity contribution in [1.82, 2.24) is 9.80 Å². The molecule has 0 spiro atoms. The monoisotopic (exact) mass is 840 g/mol. The van der Waals surface area contributed by atoms with E-state index >= 15 is 0 Å². The minimum atomic E-state index is -1.97. The summed E-state index contributed by atoms with van der Waals surface area (Å²) in [6, 6.07) is 15.9. The van der Waals surface area contributed by atoms with Crippen LogP contribution >= 0.6 is 34.8 Å². The number of likely N-dealkylation sites (tertiary alicyclic amines) is 1. The molecule has 0 aromatic heterocycles. The van der Waals surface area contributed by atoms with Gasteiger partial charge in [0.1, 0.15) is 24.0 Å². The van der Waals surface area contributed by atoms with Gasteiger partial charge in [0, 0.05) is 13.8 Å². The van der Waals surface area contributed by atoms with Gasteiger partial charge in [-0.1, -0.05) is 108 Å². The molecule has 2 amide bonds. The molecule has 2 aliphatic rings. The Morgan fingerprint density at radius 2 is 1.38 bits per heavy atom. The molecule has 16 heteroatoms. The Balaban J connectivity index is 1.80. The summed E-state index contributed by atoms with van der Waals surface area (Å²) in [4.78, 5) is 56.1. The molecule has 0 radical (unpaired) electrons. The van der Waals surface area contributed by atoms with Gasteiger partial charge in [0.2, 0.25) is 3.79 Å². The maximum absolute atomic E-state index is 14.3. The summed E-state index contributed by atoms with van der Waals surface area (Å²) < 4.78 is 39.8. The maximum atomic E-state index is 14.3. The predicted molar refractivity (Wildman–Crippen MR) is 209 cm³/mol. The molecule has 13 nitrogen and oxygen atoms in total. The molecular formula is C40H51Cl3N2O11. The summed E-state index contributed by atoms with van der Waals surface area (Å²) in [7, 11) is 0. The molecule has 2 fully saturated rings. The molecule has 4 rings (SSSR count). The third kappa shape index (κ3) is 13.2. The molecule has 308 valence electrons. The smallest absolute Gasteiger partial charge is 0.413 e. The lowest BCUT2D eigenvalue weighted by molar-refractivity contribution is -0.216. The van der Waals surface area contributed by atoms with Crippen LogP contribution in [0.3, 0.4) is 0 Å². The maximum Gasteiger partial charge on any atom is 0.413 e. The van der Waals surface area contributed by atoms with Gasteiger partial charge in [0.05, 0.1) is 44.6 Å². The van der Waals surface area contributed by atoms with Crippen molar-refractivity contribution in [3.8, 4) is 0 Å². The number of rotatable bonds is 13. The first kappa shape index (κ1) is 45.1. The standard InChI is InChI=1S/C40H51Cl3N2O11/c1-26(46)54-33-31(20-14-19-30-23-53-39(6,7)45(30)37(49)56-38(3,4)5)44(36(48)52-25-40(41,42)43)32(24-50-21-28-15-10-8-11-16-28)34(55-27(2)47)35(33)51-22-29-17-12-9-13-18-29/h8-19,30-35H,20-25H2,1-7H3/b19-14+/t30-,31+,32+,33-,34+,35+/m0/s1. The van der Waals surface area contributed by atoms with E-state index in [-0.39, 0.29) is 32.8 Å². The molecule has 6 atom stereocenters. The van der Waals surface area contributed by atoms with Crippen molar-refractivity contribution in [2.24, 2.45) is 0 Å². The number of benzene rings is 2. The van der Waals surface area contributed by atoms with Crippen molar-refractivity contribution in [3.63, 3.8) is 0 Å². The van der Waals surface area contributed by atoms with Crippen molar-refractivity contribution >= 4 is 58.9 Å². The molecule has 2 aromatic rings. The van der Waals surface area contributed by atoms with Crippen LogP contribution in [0, 0.1) is 0 Å². The zero-order valence-corrected chi connectivity index (χ0v) is 34.9. The van der Waals surface area contributed by atoms with E-state index in [1.54, 1.807) is 46.8 Å². The Morgan fingerprint density at radius 3 is 1.91 bits per heavy atom. The normalized spacial score (nSPS) is 23.8. The van der Waals surface area contributed by atoms with E-state index in [0.29, 0.717) is 0 Å². The van der Waals surface area contributed by atoms with E-state index in [1.165, 1.54) is 23.6 Å². The van der Waals surface area contributed by atoms with Crippen LogP contribution in [0.1, 0.15) is 66.0 Å². The van der Waals surface area contributed by atoms with Crippen molar-refractivity contribution in [2.75, 3.05) is 19.8 Å². The van der Waals surface area contributed by atoms with Crippen LogP contribution in [0.2, 0.25) is 0 Å². The summed E-state index contributed by atoms with van der Waals surface area (Å²) in [5, 5.41) is 0. The van der Waals surface area contributed by atoms with Crippen molar-refractivity contribution in [1.29, 1.82) is 0 Å². The second kappa shape index (κ2) is 19.7. The van der Waals surface area contributed by atoms with Gasteiger partial charge in [-0.3, -0.25) is 19.4 Å². The lowest BCUT2D eigenvalue weighted by Crippen LogP contribution is -2.70. The zero-order valence-electron chi connectivity index (χ0n) is 32.7. The number of piperidine rings is 1. The number of hydrogen-bond acceptors (Lipinski definition) is 11. The zero-order chi connectivity index (χ0) is 41.3. The molecule has 0 saturated carbocycles. The van der Waals surface area contributed by atoms with Gasteiger partial charge in [0.25, 0.3) is 0 Å². The van der Waals surface area contributed by atoms with Crippen molar-refractivity contribution in [2.45, 2.75) is 120 Å². The van der Waals surface area contributed by atoms with Gasteiger partial charge >= 0.3 is 24.1 Å². The van der Waals surface area contributed by atoms with E-state index in [2.05, 4.69) is 0 Å². The van der Waals surface area contributed by atoms with Crippen LogP contribution in [-0.2, 0) is 56.0 Å². The third-order valence-electron chi connectivity index (χ3n) is 8.83. The van der Waals surface area contributed by atoms with Crippen molar-refractivity contribution < 1.29 is 52.3 Å². The number of nitrogens with zero attached hydrogens (tertiary/aromatic N) is 2. The van der Waals surface area contributed by atoms with Crippen LogP contribution in [0.15, 0.2) is 72.8 Å². The van der Waals surface area contributed by atoms with Gasteiger partial charge in [-0.05, 0) is 52.2 Å². The van der Waals surface area contributed by atoms with Gasteiger partial charge in [-0.15, -0.1) is 0 Å². The van der Waals surface area contributed by atoms with Gasteiger partial charge in [-0.25, -0.2) is 9.59 Å². The number of hydrogen-bond donors (Lipinski definition) is 0. The topological polar surface area (TPSA) is 139 Å². The molecule has 0 bridgehead atoms. The summed E-state index contributed by atoms with van der Waals surface area (Å²) >= 11 is 18.0. The average molecular weight is 842 g/mol. The summed E-state index contributed by atoms with van der Waals surface area (Å²) in [5.74, 6) is -1.37. The largest absolute Gasteiger partial charge is 0.457 e.